The van der Waals surface area contributed by atoms with Crippen LogP contribution in [-0.4, -0.2) is 33.4 Å². The fraction of sp³-hybridized carbons (Fsp3) is 0.167. The number of imidazole rings is 1. The van der Waals surface area contributed by atoms with Crippen molar-refractivity contribution in [2.45, 2.75) is 20.0 Å². The summed E-state index contributed by atoms with van der Waals surface area (Å²) in [4.78, 5) is 34.0. The number of thiazole rings is 1. The lowest BCUT2D eigenvalue weighted by atomic mass is 10.1. The molecule has 0 saturated heterocycles. The molecular weight excluding hydrogens is 493 g/mol. The average molecular weight is 515 g/mol. The van der Waals surface area contributed by atoms with Gasteiger partial charge < -0.3 is 20.5 Å². The van der Waals surface area contributed by atoms with Crippen LogP contribution in [0, 0.1) is 13.8 Å². The second-order valence-corrected chi connectivity index (χ2v) is 8.94. The van der Waals surface area contributed by atoms with Gasteiger partial charge in [0.1, 0.15) is 4.88 Å². The van der Waals surface area contributed by atoms with E-state index in [9.17, 15) is 22.8 Å². The maximum absolute atomic E-state index is 13.5. The Kier molecular flexibility index (Phi) is 6.80. The van der Waals surface area contributed by atoms with Gasteiger partial charge >= 0.3 is 6.18 Å². The Morgan fingerprint density at radius 1 is 1.00 bits per heavy atom. The summed E-state index contributed by atoms with van der Waals surface area (Å²) in [6.45, 7) is 3.48. The minimum Gasteiger partial charge on any atom is -0.365 e. The van der Waals surface area contributed by atoms with Gasteiger partial charge in [-0.1, -0.05) is 17.4 Å². The summed E-state index contributed by atoms with van der Waals surface area (Å²) in [5.41, 5.74) is 1.14. The van der Waals surface area contributed by atoms with E-state index >= 15 is 0 Å². The van der Waals surface area contributed by atoms with Crippen LogP contribution in [0.5, 0.6) is 0 Å². The number of anilines is 3. The minimum absolute atomic E-state index is 0.0356. The predicted octanol–water partition coefficient (Wildman–Crippen LogP) is 5.51. The molecule has 2 amide bonds. The summed E-state index contributed by atoms with van der Waals surface area (Å²) >= 11 is 1.17. The van der Waals surface area contributed by atoms with Crippen LogP contribution in [0.25, 0.3) is 5.69 Å². The number of rotatable bonds is 6. The highest BCUT2D eigenvalue weighted by atomic mass is 32.1. The number of alkyl halides is 3. The number of aryl methyl sites for hydroxylation is 2. The number of benzene rings is 2. The van der Waals surface area contributed by atoms with Gasteiger partial charge in [-0.05, 0) is 49.7 Å². The molecule has 186 valence electrons. The van der Waals surface area contributed by atoms with E-state index in [1.165, 1.54) is 46.6 Å². The minimum atomic E-state index is -4.61. The Hall–Kier alpha value is -4.19. The van der Waals surface area contributed by atoms with E-state index in [1.54, 1.807) is 33.2 Å². The zero-order valence-corrected chi connectivity index (χ0v) is 20.2. The lowest BCUT2D eigenvalue weighted by Crippen LogP contribution is -2.16. The standard InChI is InChI=1S/C24H21F3N6O2S/c1-13-4-5-15(6-19(13)32-22(35)20-10-29-23(28-3)36-20)21(34)31-17-7-16(24(25,26)27)8-18(9-17)33-11-14(2)30-12-33/h4-12H,1-3H3,(H,28,29)(H,31,34)(H,32,35). The van der Waals surface area contributed by atoms with E-state index in [0.717, 1.165) is 12.1 Å². The first-order valence-electron chi connectivity index (χ1n) is 10.6. The van der Waals surface area contributed by atoms with Gasteiger partial charge in [-0.15, -0.1) is 0 Å². The van der Waals surface area contributed by atoms with E-state index in [4.69, 9.17) is 0 Å². The van der Waals surface area contributed by atoms with Gasteiger partial charge in [0.15, 0.2) is 5.13 Å². The number of carbonyl (C=O) groups excluding carboxylic acids is 2. The monoisotopic (exact) mass is 514 g/mol. The molecule has 4 aromatic rings. The average Bonchev–Trinajstić information content (AvgIpc) is 3.49. The Balaban J connectivity index is 1.59. The highest BCUT2D eigenvalue weighted by molar-refractivity contribution is 7.17. The van der Waals surface area contributed by atoms with Crippen LogP contribution >= 0.6 is 11.3 Å². The van der Waals surface area contributed by atoms with Crippen LogP contribution in [0.1, 0.15) is 36.9 Å². The van der Waals surface area contributed by atoms with Gasteiger partial charge in [0.2, 0.25) is 0 Å². The van der Waals surface area contributed by atoms with Gasteiger partial charge in [-0.3, -0.25) is 9.59 Å². The Labute approximate surface area is 208 Å². The van der Waals surface area contributed by atoms with Gasteiger partial charge in [0, 0.05) is 35.9 Å². The van der Waals surface area contributed by atoms with Crippen molar-refractivity contribution in [3.05, 3.63) is 82.4 Å². The van der Waals surface area contributed by atoms with E-state index in [2.05, 4.69) is 25.9 Å². The Morgan fingerprint density at radius 3 is 2.42 bits per heavy atom. The third kappa shape index (κ3) is 5.54. The molecule has 0 bridgehead atoms. The molecule has 0 aliphatic heterocycles. The molecule has 4 rings (SSSR count). The third-order valence-electron chi connectivity index (χ3n) is 5.20. The Bertz CT molecular complexity index is 1440. The molecule has 3 N–H and O–H groups in total. The molecule has 0 unspecified atom stereocenters. The molecule has 0 saturated carbocycles. The number of halogens is 3. The van der Waals surface area contributed by atoms with Crippen molar-refractivity contribution in [3.8, 4) is 5.69 Å². The number of aromatic nitrogens is 3. The smallest absolute Gasteiger partial charge is 0.365 e. The van der Waals surface area contributed by atoms with Crippen molar-refractivity contribution >= 4 is 39.7 Å². The number of amides is 2. The van der Waals surface area contributed by atoms with Crippen molar-refractivity contribution in [3.63, 3.8) is 0 Å². The molecule has 12 heteroatoms. The maximum atomic E-state index is 13.5. The van der Waals surface area contributed by atoms with Crippen molar-refractivity contribution in [1.29, 1.82) is 0 Å². The molecule has 36 heavy (non-hydrogen) atoms. The fourth-order valence-corrected chi connectivity index (χ4v) is 4.00. The van der Waals surface area contributed by atoms with E-state index in [0.29, 0.717) is 27.0 Å². The van der Waals surface area contributed by atoms with Gasteiger partial charge in [0.25, 0.3) is 11.8 Å². The predicted molar refractivity (Wildman–Crippen MR) is 132 cm³/mol. The molecule has 0 radical (unpaired) electrons. The van der Waals surface area contributed by atoms with E-state index < -0.39 is 23.6 Å². The quantitative estimate of drug-likeness (QED) is 0.315. The molecule has 0 aliphatic carbocycles. The van der Waals surface area contributed by atoms with Gasteiger partial charge in [-0.25, -0.2) is 9.97 Å². The first-order chi connectivity index (χ1) is 17.0. The second kappa shape index (κ2) is 9.82. The van der Waals surface area contributed by atoms with Crippen LogP contribution in [0.2, 0.25) is 0 Å². The molecule has 8 nitrogen and oxygen atoms in total. The summed E-state index contributed by atoms with van der Waals surface area (Å²) in [5, 5.41) is 8.71. The van der Waals surface area contributed by atoms with Crippen LogP contribution in [0.3, 0.4) is 0 Å². The summed E-state index contributed by atoms with van der Waals surface area (Å²) in [6, 6.07) is 7.91. The third-order valence-corrected chi connectivity index (χ3v) is 6.22. The number of carbonyl (C=O) groups is 2. The molecule has 2 aromatic carbocycles. The molecule has 0 aliphatic rings. The van der Waals surface area contributed by atoms with Crippen LogP contribution < -0.4 is 16.0 Å². The SMILES string of the molecule is CNc1ncc(C(=O)Nc2cc(C(=O)Nc3cc(-n4cnc(C)c4)cc(C(F)(F)F)c3)ccc2C)s1. The Morgan fingerprint density at radius 2 is 1.78 bits per heavy atom. The first kappa shape index (κ1) is 24.9. The maximum Gasteiger partial charge on any atom is 0.416 e. The summed E-state index contributed by atoms with van der Waals surface area (Å²) in [7, 11) is 1.69. The summed E-state index contributed by atoms with van der Waals surface area (Å²) < 4.78 is 42.0. The number of hydrogen-bond donors (Lipinski definition) is 3. The van der Waals surface area contributed by atoms with Crippen LogP contribution in [-0.2, 0) is 6.18 Å². The van der Waals surface area contributed by atoms with Crippen molar-refractivity contribution < 1.29 is 22.8 Å². The van der Waals surface area contributed by atoms with E-state index in [-0.39, 0.29) is 16.9 Å². The molecule has 0 spiro atoms. The first-order valence-corrected chi connectivity index (χ1v) is 11.5. The fourth-order valence-electron chi connectivity index (χ4n) is 3.34. The second-order valence-electron chi connectivity index (χ2n) is 7.91. The number of hydrogen-bond acceptors (Lipinski definition) is 6. The van der Waals surface area contributed by atoms with E-state index in [1.807, 2.05) is 0 Å². The zero-order chi connectivity index (χ0) is 26.0. The van der Waals surface area contributed by atoms with Gasteiger partial charge in [0.05, 0.1) is 23.8 Å². The molecule has 0 fully saturated rings. The lowest BCUT2D eigenvalue weighted by Gasteiger charge is -2.14. The highest BCUT2D eigenvalue weighted by Gasteiger charge is 2.31. The molecule has 2 heterocycles. The van der Waals surface area contributed by atoms with Crippen molar-refractivity contribution in [1.82, 2.24) is 14.5 Å². The lowest BCUT2D eigenvalue weighted by molar-refractivity contribution is -0.137. The number of nitrogens with one attached hydrogen (secondary N) is 3. The number of nitrogens with zero attached hydrogens (tertiary/aromatic N) is 3. The summed E-state index contributed by atoms with van der Waals surface area (Å²) in [5.74, 6) is -1.03. The molecule has 0 atom stereocenters. The van der Waals surface area contributed by atoms with Crippen molar-refractivity contribution in [2.75, 3.05) is 23.0 Å². The van der Waals surface area contributed by atoms with Gasteiger partial charge in [-0.2, -0.15) is 13.2 Å². The van der Waals surface area contributed by atoms with Crippen LogP contribution in [0.15, 0.2) is 55.1 Å². The topological polar surface area (TPSA) is 101 Å². The molecule has 2 aromatic heterocycles. The molecular formula is C24H21F3N6O2S. The summed E-state index contributed by atoms with van der Waals surface area (Å²) in [6.07, 6.45) is -0.201. The normalized spacial score (nSPS) is 11.3. The van der Waals surface area contributed by atoms with Crippen LogP contribution in [0.4, 0.5) is 29.7 Å². The largest absolute Gasteiger partial charge is 0.416 e. The zero-order valence-electron chi connectivity index (χ0n) is 19.4. The highest BCUT2D eigenvalue weighted by Crippen LogP contribution is 2.33. The van der Waals surface area contributed by atoms with Crippen molar-refractivity contribution in [2.24, 2.45) is 0 Å².